The van der Waals surface area contributed by atoms with E-state index < -0.39 is 11.8 Å². The Kier molecular flexibility index (Phi) is 8.43. The lowest BCUT2D eigenvalue weighted by molar-refractivity contribution is -0.151. The molecule has 0 unspecified atom stereocenters. The first-order chi connectivity index (χ1) is 7.11. The molecule has 15 heavy (non-hydrogen) atoms. The average Bonchev–Trinajstić information content (AvgIpc) is 2.18. The highest BCUT2D eigenvalue weighted by atomic mass is 35.5. The molecular weight excluding hydrogens is 239 g/mol. The molecule has 0 aromatic carbocycles. The molecule has 0 bridgehead atoms. The zero-order valence-electron chi connectivity index (χ0n) is 8.59. The van der Waals surface area contributed by atoms with Crippen molar-refractivity contribution >= 4 is 35.0 Å². The van der Waals surface area contributed by atoms with E-state index in [0.717, 1.165) is 18.9 Å². The Hall–Kier alpha value is -0.540. The van der Waals surface area contributed by atoms with Crippen LogP contribution in [0.4, 0.5) is 0 Å². The standard InChI is InChI=1S/C10H14Cl2O3/c1-2-15-10(14)9(13)7-8(12)5-3-4-6-11/h7H,2-6H2,1H3/b8-7-. The van der Waals surface area contributed by atoms with E-state index in [0.29, 0.717) is 17.3 Å². The van der Waals surface area contributed by atoms with E-state index in [1.54, 1.807) is 6.92 Å². The predicted molar refractivity (Wildman–Crippen MR) is 60.1 cm³/mol. The normalized spacial score (nSPS) is 11.3. The molecule has 0 aliphatic heterocycles. The molecule has 0 radical (unpaired) electrons. The third-order valence-electron chi connectivity index (χ3n) is 1.56. The Morgan fingerprint density at radius 2 is 2.00 bits per heavy atom. The number of hydrogen-bond donors (Lipinski definition) is 0. The summed E-state index contributed by atoms with van der Waals surface area (Å²) in [6, 6.07) is 0. The summed E-state index contributed by atoms with van der Waals surface area (Å²) in [5.41, 5.74) is 0. The zero-order valence-corrected chi connectivity index (χ0v) is 10.1. The summed E-state index contributed by atoms with van der Waals surface area (Å²) < 4.78 is 4.52. The fourth-order valence-electron chi connectivity index (χ4n) is 0.864. The molecule has 3 nitrogen and oxygen atoms in total. The molecule has 86 valence electrons. The number of ketones is 1. The molecule has 0 amide bonds. The maximum Gasteiger partial charge on any atom is 0.379 e. The summed E-state index contributed by atoms with van der Waals surface area (Å²) >= 11 is 11.2. The molecule has 0 saturated carbocycles. The highest BCUT2D eigenvalue weighted by Gasteiger charge is 2.12. The zero-order chi connectivity index (χ0) is 11.7. The molecule has 0 aromatic rings. The van der Waals surface area contributed by atoms with Crippen LogP contribution < -0.4 is 0 Å². The summed E-state index contributed by atoms with van der Waals surface area (Å²) in [5.74, 6) is -1.02. The molecule has 0 fully saturated rings. The second-order valence-electron chi connectivity index (χ2n) is 2.82. The van der Waals surface area contributed by atoms with E-state index >= 15 is 0 Å². The molecule has 0 spiro atoms. The molecule has 0 heterocycles. The molecule has 5 heteroatoms. The number of unbranched alkanes of at least 4 members (excludes halogenated alkanes) is 1. The van der Waals surface area contributed by atoms with Crippen LogP contribution in [0, 0.1) is 0 Å². The molecule has 0 atom stereocenters. The van der Waals surface area contributed by atoms with Crippen LogP contribution in [0.15, 0.2) is 11.1 Å². The monoisotopic (exact) mass is 252 g/mol. The molecular formula is C10H14Cl2O3. The van der Waals surface area contributed by atoms with Gasteiger partial charge in [0.25, 0.3) is 5.78 Å². The first kappa shape index (κ1) is 14.5. The van der Waals surface area contributed by atoms with Crippen LogP contribution >= 0.6 is 23.2 Å². The molecule has 0 rings (SSSR count). The van der Waals surface area contributed by atoms with Gasteiger partial charge in [-0.25, -0.2) is 4.79 Å². The van der Waals surface area contributed by atoms with E-state index in [4.69, 9.17) is 23.2 Å². The minimum atomic E-state index is -0.868. The number of carbonyl (C=O) groups is 2. The highest BCUT2D eigenvalue weighted by Crippen LogP contribution is 2.12. The quantitative estimate of drug-likeness (QED) is 0.230. The molecule has 0 aliphatic rings. The van der Waals surface area contributed by atoms with Crippen molar-refractivity contribution in [2.75, 3.05) is 12.5 Å². The van der Waals surface area contributed by atoms with E-state index in [-0.39, 0.29) is 6.61 Å². The number of allylic oxidation sites excluding steroid dienone is 1. The topological polar surface area (TPSA) is 43.4 Å². The van der Waals surface area contributed by atoms with E-state index in [1.807, 2.05) is 0 Å². The fraction of sp³-hybridized carbons (Fsp3) is 0.600. The van der Waals surface area contributed by atoms with Crippen LogP contribution in [0.3, 0.4) is 0 Å². The van der Waals surface area contributed by atoms with Crippen molar-refractivity contribution in [2.24, 2.45) is 0 Å². The maximum atomic E-state index is 11.1. The number of alkyl halides is 1. The van der Waals surface area contributed by atoms with Gasteiger partial charge >= 0.3 is 5.97 Å². The van der Waals surface area contributed by atoms with E-state index in [2.05, 4.69) is 4.74 Å². The lowest BCUT2D eigenvalue weighted by Crippen LogP contribution is -2.14. The Morgan fingerprint density at radius 1 is 1.33 bits per heavy atom. The van der Waals surface area contributed by atoms with E-state index in [1.165, 1.54) is 0 Å². The lowest BCUT2D eigenvalue weighted by atomic mass is 10.2. The summed E-state index contributed by atoms with van der Waals surface area (Å²) in [4.78, 5) is 22.0. The van der Waals surface area contributed by atoms with Gasteiger partial charge in [-0.05, 0) is 26.2 Å². The number of carbonyl (C=O) groups excluding carboxylic acids is 2. The minimum absolute atomic E-state index is 0.183. The first-order valence-corrected chi connectivity index (χ1v) is 5.66. The summed E-state index contributed by atoms with van der Waals surface area (Å²) in [5, 5.41) is 0.359. The third kappa shape index (κ3) is 7.40. The van der Waals surface area contributed by atoms with Gasteiger partial charge < -0.3 is 4.74 Å². The Labute approximate surface area is 99.4 Å². The van der Waals surface area contributed by atoms with E-state index in [9.17, 15) is 9.59 Å². The van der Waals surface area contributed by atoms with Gasteiger partial charge in [-0.15, -0.1) is 11.6 Å². The van der Waals surface area contributed by atoms with Gasteiger partial charge in [0.2, 0.25) is 0 Å². The number of ether oxygens (including phenoxy) is 1. The number of rotatable bonds is 7. The van der Waals surface area contributed by atoms with Crippen LogP contribution in [0.2, 0.25) is 0 Å². The van der Waals surface area contributed by atoms with Crippen molar-refractivity contribution in [1.82, 2.24) is 0 Å². The Morgan fingerprint density at radius 3 is 2.53 bits per heavy atom. The fourth-order valence-corrected chi connectivity index (χ4v) is 1.29. The van der Waals surface area contributed by atoms with Crippen molar-refractivity contribution in [3.05, 3.63) is 11.1 Å². The molecule has 0 saturated heterocycles. The number of halogens is 2. The van der Waals surface area contributed by atoms with Crippen LogP contribution in [-0.4, -0.2) is 24.2 Å². The van der Waals surface area contributed by atoms with Crippen molar-refractivity contribution in [3.63, 3.8) is 0 Å². The first-order valence-electron chi connectivity index (χ1n) is 4.75. The van der Waals surface area contributed by atoms with Crippen molar-refractivity contribution in [3.8, 4) is 0 Å². The summed E-state index contributed by atoms with van der Waals surface area (Å²) in [7, 11) is 0. The Balaban J connectivity index is 3.99. The average molecular weight is 253 g/mol. The smallest absolute Gasteiger partial charge is 0.379 e. The summed E-state index contributed by atoms with van der Waals surface area (Å²) in [6.07, 6.45) is 3.29. The predicted octanol–water partition coefficient (Wildman–Crippen LogP) is 2.65. The van der Waals surface area contributed by atoms with Crippen LogP contribution in [0.1, 0.15) is 26.2 Å². The summed E-state index contributed by atoms with van der Waals surface area (Å²) in [6.45, 7) is 1.82. The second-order valence-corrected chi connectivity index (χ2v) is 3.69. The van der Waals surface area contributed by atoms with Gasteiger partial charge in [-0.2, -0.15) is 0 Å². The van der Waals surface area contributed by atoms with Crippen LogP contribution in [0.25, 0.3) is 0 Å². The number of hydrogen-bond acceptors (Lipinski definition) is 3. The Bertz CT molecular complexity index is 249. The minimum Gasteiger partial charge on any atom is -0.460 e. The maximum absolute atomic E-state index is 11.1. The lowest BCUT2D eigenvalue weighted by Gasteiger charge is -1.98. The van der Waals surface area contributed by atoms with Gasteiger partial charge in [0.05, 0.1) is 6.61 Å². The van der Waals surface area contributed by atoms with Gasteiger partial charge in [-0.3, -0.25) is 4.79 Å². The van der Waals surface area contributed by atoms with Crippen molar-refractivity contribution in [1.29, 1.82) is 0 Å². The largest absolute Gasteiger partial charge is 0.460 e. The SMILES string of the molecule is CCOC(=O)C(=O)/C=C(\Cl)CCCCCl. The highest BCUT2D eigenvalue weighted by molar-refractivity contribution is 6.41. The van der Waals surface area contributed by atoms with Crippen LogP contribution in [-0.2, 0) is 14.3 Å². The van der Waals surface area contributed by atoms with Gasteiger partial charge in [0.1, 0.15) is 0 Å². The second kappa shape index (κ2) is 8.74. The van der Waals surface area contributed by atoms with Gasteiger partial charge in [0, 0.05) is 17.0 Å². The van der Waals surface area contributed by atoms with Crippen molar-refractivity contribution in [2.45, 2.75) is 26.2 Å². The molecule has 0 aliphatic carbocycles. The van der Waals surface area contributed by atoms with Crippen molar-refractivity contribution < 1.29 is 14.3 Å². The van der Waals surface area contributed by atoms with Crippen LogP contribution in [0.5, 0.6) is 0 Å². The number of esters is 1. The van der Waals surface area contributed by atoms with Gasteiger partial charge in [-0.1, -0.05) is 11.6 Å². The third-order valence-corrected chi connectivity index (χ3v) is 2.13. The van der Waals surface area contributed by atoms with Gasteiger partial charge in [0.15, 0.2) is 0 Å². The molecule has 0 aromatic heterocycles. The molecule has 0 N–H and O–H groups in total.